The van der Waals surface area contributed by atoms with Crippen molar-refractivity contribution in [1.82, 2.24) is 0 Å². The van der Waals surface area contributed by atoms with E-state index in [1.807, 2.05) is 6.92 Å². The van der Waals surface area contributed by atoms with Crippen LogP contribution in [0.5, 0.6) is 0 Å². The van der Waals surface area contributed by atoms with Crippen molar-refractivity contribution < 1.29 is 19.1 Å². The summed E-state index contributed by atoms with van der Waals surface area (Å²) in [6.45, 7) is 6.03. The topological polar surface area (TPSA) is 76.4 Å². The smallest absolute Gasteiger partial charge is 0.309 e. The summed E-state index contributed by atoms with van der Waals surface area (Å²) in [5.74, 6) is -1.10. The molecule has 2 unspecified atom stereocenters. The fourth-order valence-electron chi connectivity index (χ4n) is 3.65. The molecule has 0 spiro atoms. The molecule has 130 valence electrons. The molecule has 0 aliphatic heterocycles. The van der Waals surface area contributed by atoms with E-state index in [1.54, 1.807) is 13.8 Å². The van der Waals surface area contributed by atoms with E-state index < -0.39 is 23.3 Å². The van der Waals surface area contributed by atoms with Gasteiger partial charge in [-0.25, -0.2) is 0 Å². The highest BCUT2D eigenvalue weighted by molar-refractivity contribution is 5.80. The van der Waals surface area contributed by atoms with Gasteiger partial charge in [0.05, 0.1) is 37.0 Å². The normalized spacial score (nSPS) is 18.7. The third kappa shape index (κ3) is 5.23. The number of rotatable bonds is 9. The minimum Gasteiger partial charge on any atom is -0.466 e. The molecule has 5 nitrogen and oxygen atoms in total. The molecular formula is C18H29NO4. The number of hydrogen-bond donors (Lipinski definition) is 0. The van der Waals surface area contributed by atoms with E-state index in [2.05, 4.69) is 6.07 Å². The molecule has 0 amide bonds. The van der Waals surface area contributed by atoms with Crippen molar-refractivity contribution in [3.63, 3.8) is 0 Å². The van der Waals surface area contributed by atoms with Crippen molar-refractivity contribution in [2.75, 3.05) is 13.2 Å². The third-order valence-corrected chi connectivity index (χ3v) is 4.94. The number of nitrogens with zero attached hydrogens (tertiary/aromatic N) is 1. The number of carbonyl (C=O) groups excluding carboxylic acids is 2. The van der Waals surface area contributed by atoms with Crippen LogP contribution in [0.25, 0.3) is 0 Å². The predicted octanol–water partition coefficient (Wildman–Crippen LogP) is 3.62. The van der Waals surface area contributed by atoms with E-state index in [-0.39, 0.29) is 19.6 Å². The molecule has 0 heterocycles. The summed E-state index contributed by atoms with van der Waals surface area (Å²) in [4.78, 5) is 24.1. The van der Waals surface area contributed by atoms with Crippen LogP contribution in [0, 0.1) is 28.6 Å². The fraction of sp³-hybridized carbons (Fsp3) is 0.833. The molecule has 1 fully saturated rings. The second-order valence-corrected chi connectivity index (χ2v) is 6.27. The molecule has 1 saturated carbocycles. The second-order valence-electron chi connectivity index (χ2n) is 6.27. The van der Waals surface area contributed by atoms with Crippen LogP contribution in [0.15, 0.2) is 0 Å². The standard InChI is InChI=1S/C18H29NO4/c1-4-18(13-19,15-9-7-8-10-15)12-14(17(21)23-6-3)11-16(20)22-5-2/h14-15H,4-12H2,1-3H3. The molecule has 0 aromatic heterocycles. The van der Waals surface area contributed by atoms with Crippen LogP contribution < -0.4 is 0 Å². The molecule has 0 N–H and O–H groups in total. The Morgan fingerprint density at radius 1 is 1.17 bits per heavy atom. The first-order valence-corrected chi connectivity index (χ1v) is 8.76. The van der Waals surface area contributed by atoms with Crippen LogP contribution in [-0.2, 0) is 19.1 Å². The molecule has 2 atom stereocenters. The minimum absolute atomic E-state index is 0.0111. The lowest BCUT2D eigenvalue weighted by Crippen LogP contribution is -2.34. The molecule has 5 heteroatoms. The van der Waals surface area contributed by atoms with Crippen molar-refractivity contribution in [2.24, 2.45) is 17.3 Å². The van der Waals surface area contributed by atoms with E-state index in [9.17, 15) is 14.9 Å². The van der Waals surface area contributed by atoms with E-state index in [0.717, 1.165) is 25.7 Å². The van der Waals surface area contributed by atoms with E-state index in [4.69, 9.17) is 9.47 Å². The lowest BCUT2D eigenvalue weighted by Gasteiger charge is -2.34. The monoisotopic (exact) mass is 323 g/mol. The van der Waals surface area contributed by atoms with Gasteiger partial charge in [0.25, 0.3) is 0 Å². The van der Waals surface area contributed by atoms with Crippen molar-refractivity contribution >= 4 is 11.9 Å². The van der Waals surface area contributed by atoms with Gasteiger partial charge in [0.2, 0.25) is 0 Å². The average Bonchev–Trinajstić information content (AvgIpc) is 3.07. The number of ether oxygens (including phenoxy) is 2. The zero-order valence-electron chi connectivity index (χ0n) is 14.6. The highest BCUT2D eigenvalue weighted by Crippen LogP contribution is 2.46. The maximum atomic E-state index is 12.3. The lowest BCUT2D eigenvalue weighted by molar-refractivity contribution is -0.156. The van der Waals surface area contributed by atoms with Crippen LogP contribution in [0.1, 0.15) is 65.7 Å². The van der Waals surface area contributed by atoms with Gasteiger partial charge < -0.3 is 9.47 Å². The highest BCUT2D eigenvalue weighted by Gasteiger charge is 2.43. The summed E-state index contributed by atoms with van der Waals surface area (Å²) >= 11 is 0. The average molecular weight is 323 g/mol. The van der Waals surface area contributed by atoms with Gasteiger partial charge in [-0.3, -0.25) is 9.59 Å². The number of carbonyl (C=O) groups is 2. The third-order valence-electron chi connectivity index (χ3n) is 4.94. The number of esters is 2. The number of hydrogen-bond acceptors (Lipinski definition) is 5. The van der Waals surface area contributed by atoms with Crippen molar-refractivity contribution in [1.29, 1.82) is 5.26 Å². The van der Waals surface area contributed by atoms with Gasteiger partial charge in [-0.15, -0.1) is 0 Å². The highest BCUT2D eigenvalue weighted by atomic mass is 16.5. The van der Waals surface area contributed by atoms with Gasteiger partial charge >= 0.3 is 11.9 Å². The Labute approximate surface area is 139 Å². The van der Waals surface area contributed by atoms with Gasteiger partial charge in [0, 0.05) is 0 Å². The molecule has 1 rings (SSSR count). The van der Waals surface area contributed by atoms with Crippen LogP contribution in [0.4, 0.5) is 0 Å². The van der Waals surface area contributed by atoms with E-state index in [1.165, 1.54) is 0 Å². The van der Waals surface area contributed by atoms with Gasteiger partial charge in [0.15, 0.2) is 0 Å². The summed E-state index contributed by atoms with van der Waals surface area (Å²) in [7, 11) is 0. The first-order chi connectivity index (χ1) is 11.0. The van der Waals surface area contributed by atoms with Gasteiger partial charge in [-0.2, -0.15) is 5.26 Å². The summed E-state index contributed by atoms with van der Waals surface area (Å²) in [6, 6.07) is 2.48. The van der Waals surface area contributed by atoms with E-state index >= 15 is 0 Å². The van der Waals surface area contributed by atoms with Crippen molar-refractivity contribution in [3.05, 3.63) is 0 Å². The van der Waals surface area contributed by atoms with Gasteiger partial charge in [0.1, 0.15) is 0 Å². The Kier molecular flexibility index (Phi) is 8.08. The minimum atomic E-state index is -0.603. The Balaban J connectivity index is 2.92. The number of nitriles is 1. The summed E-state index contributed by atoms with van der Waals surface area (Å²) < 4.78 is 10.1. The largest absolute Gasteiger partial charge is 0.466 e. The molecule has 23 heavy (non-hydrogen) atoms. The Morgan fingerprint density at radius 2 is 1.78 bits per heavy atom. The molecular weight excluding hydrogens is 294 g/mol. The molecule has 1 aliphatic carbocycles. The van der Waals surface area contributed by atoms with Crippen LogP contribution >= 0.6 is 0 Å². The predicted molar refractivity (Wildman–Crippen MR) is 86.3 cm³/mol. The molecule has 0 saturated heterocycles. The zero-order chi connectivity index (χ0) is 17.3. The maximum absolute atomic E-state index is 12.3. The SMILES string of the molecule is CCOC(=O)CC(CC(C#N)(CC)C1CCCC1)C(=O)OCC. The Bertz CT molecular complexity index is 437. The molecule has 0 radical (unpaired) electrons. The maximum Gasteiger partial charge on any atom is 0.309 e. The molecule has 0 bridgehead atoms. The second kappa shape index (κ2) is 9.54. The van der Waals surface area contributed by atoms with E-state index in [0.29, 0.717) is 18.8 Å². The fourth-order valence-corrected chi connectivity index (χ4v) is 3.65. The van der Waals surface area contributed by atoms with Gasteiger partial charge in [-0.05, 0) is 45.4 Å². The molecule has 0 aromatic carbocycles. The van der Waals surface area contributed by atoms with Crippen molar-refractivity contribution in [2.45, 2.75) is 65.7 Å². The summed E-state index contributed by atoms with van der Waals surface area (Å²) in [5.41, 5.74) is -0.555. The Morgan fingerprint density at radius 3 is 2.26 bits per heavy atom. The zero-order valence-corrected chi connectivity index (χ0v) is 14.6. The summed E-state index contributed by atoms with van der Waals surface area (Å²) in [6.07, 6.45) is 5.37. The van der Waals surface area contributed by atoms with Gasteiger partial charge in [-0.1, -0.05) is 19.8 Å². The first kappa shape index (κ1) is 19.5. The molecule has 1 aliphatic rings. The molecule has 0 aromatic rings. The van der Waals surface area contributed by atoms with Crippen LogP contribution in [0.2, 0.25) is 0 Å². The first-order valence-electron chi connectivity index (χ1n) is 8.76. The summed E-state index contributed by atoms with van der Waals surface area (Å²) in [5, 5.41) is 9.82. The van der Waals surface area contributed by atoms with Crippen LogP contribution in [-0.4, -0.2) is 25.2 Å². The van der Waals surface area contributed by atoms with Crippen LogP contribution in [0.3, 0.4) is 0 Å². The quantitative estimate of drug-likeness (QED) is 0.606. The van der Waals surface area contributed by atoms with Crippen molar-refractivity contribution in [3.8, 4) is 6.07 Å². The Hall–Kier alpha value is -1.57. The lowest BCUT2D eigenvalue weighted by atomic mass is 9.68.